The first kappa shape index (κ1) is 27.7. The summed E-state index contributed by atoms with van der Waals surface area (Å²) in [5.74, 6) is 0.935. The number of hydrogen-bond donors (Lipinski definition) is 6. The molecule has 1 saturated heterocycles. The van der Waals surface area contributed by atoms with Crippen molar-refractivity contribution in [3.8, 4) is 11.6 Å². The predicted molar refractivity (Wildman–Crippen MR) is 129 cm³/mol. The van der Waals surface area contributed by atoms with Gasteiger partial charge in [0.15, 0.2) is 0 Å². The van der Waals surface area contributed by atoms with Crippen LogP contribution in [0.5, 0.6) is 11.6 Å². The molecule has 0 saturated carbocycles. The maximum atomic E-state index is 11.1. The fourth-order valence-electron chi connectivity index (χ4n) is 3.94. The van der Waals surface area contributed by atoms with Gasteiger partial charge in [-0.05, 0) is 36.1 Å². The van der Waals surface area contributed by atoms with Gasteiger partial charge in [-0.25, -0.2) is 4.79 Å². The SMILES string of the molecule is Cc1cc(OCCN(C)C(N)=O)ccc1Cc1c(O[C@@H]2O[C@H](CO)[C@@H](O)[C@H](O)[C@H]2O)n[nH]c1C(C)C. The molecule has 0 bridgehead atoms. The number of carbonyl (C=O) groups is 1. The monoisotopic (exact) mass is 508 g/mol. The molecule has 1 aromatic carbocycles. The van der Waals surface area contributed by atoms with Crippen molar-refractivity contribution in [3.05, 3.63) is 40.6 Å². The number of hydrogen-bond acceptors (Lipinski definition) is 9. The molecular weight excluding hydrogens is 472 g/mol. The molecule has 0 radical (unpaired) electrons. The number of rotatable bonds is 10. The third-order valence-corrected chi connectivity index (χ3v) is 6.27. The van der Waals surface area contributed by atoms with Crippen molar-refractivity contribution in [3.63, 3.8) is 0 Å². The summed E-state index contributed by atoms with van der Waals surface area (Å²) < 4.78 is 17.1. The molecular formula is C24H36N4O8. The van der Waals surface area contributed by atoms with E-state index in [1.807, 2.05) is 39.0 Å². The summed E-state index contributed by atoms with van der Waals surface area (Å²) >= 11 is 0. The molecule has 12 nitrogen and oxygen atoms in total. The Hall–Kier alpha value is -2.90. The van der Waals surface area contributed by atoms with E-state index in [9.17, 15) is 25.2 Å². The Labute approximate surface area is 209 Å². The number of primary amides is 1. The molecule has 0 spiro atoms. The minimum absolute atomic E-state index is 0.0878. The minimum atomic E-state index is -1.55. The lowest BCUT2D eigenvalue weighted by molar-refractivity contribution is -0.278. The Kier molecular flexibility index (Phi) is 9.14. The van der Waals surface area contributed by atoms with Gasteiger partial charge in [-0.15, -0.1) is 5.10 Å². The van der Waals surface area contributed by atoms with Gasteiger partial charge in [-0.3, -0.25) is 5.10 Å². The fraction of sp³-hybridized carbons (Fsp3) is 0.583. The lowest BCUT2D eigenvalue weighted by atomic mass is 9.96. The highest BCUT2D eigenvalue weighted by Gasteiger charge is 2.45. The Morgan fingerprint density at radius 1 is 1.25 bits per heavy atom. The van der Waals surface area contributed by atoms with Crippen LogP contribution in [0.15, 0.2) is 18.2 Å². The normalized spacial score (nSPS) is 24.1. The first-order chi connectivity index (χ1) is 17.0. The Morgan fingerprint density at radius 2 is 1.97 bits per heavy atom. The van der Waals surface area contributed by atoms with E-state index in [4.69, 9.17) is 19.9 Å². The molecule has 1 fully saturated rings. The summed E-state index contributed by atoms with van der Waals surface area (Å²) in [7, 11) is 1.60. The topological polar surface area (TPSA) is 184 Å². The minimum Gasteiger partial charge on any atom is -0.492 e. The number of benzene rings is 1. The van der Waals surface area contributed by atoms with E-state index in [-0.39, 0.29) is 11.8 Å². The standard InChI is InChI=1S/C24H36N4O8/c1-12(2)18-16(10-14-5-6-15(9-13(14)3)34-8-7-28(4)24(25)33)22(27-26-18)36-23-21(32)20(31)19(30)17(11-29)35-23/h5-6,9,12,17,19-21,23,29-32H,7-8,10-11H2,1-4H3,(H2,25,33)(H,26,27)/t17-,19-,20+,21-,23+/m1/s1. The summed E-state index contributed by atoms with van der Waals surface area (Å²) in [6.07, 6.45) is -6.54. The lowest BCUT2D eigenvalue weighted by Crippen LogP contribution is -2.60. The predicted octanol–water partition coefficient (Wildman–Crippen LogP) is 0.000320. The van der Waals surface area contributed by atoms with Gasteiger partial charge in [0.05, 0.1) is 13.2 Å². The largest absolute Gasteiger partial charge is 0.492 e. The first-order valence-electron chi connectivity index (χ1n) is 11.8. The molecule has 12 heteroatoms. The number of H-pyrrole nitrogens is 1. The van der Waals surface area contributed by atoms with Crippen LogP contribution in [0.25, 0.3) is 0 Å². The molecule has 2 aromatic rings. The van der Waals surface area contributed by atoms with E-state index in [1.54, 1.807) is 7.05 Å². The second-order valence-corrected chi connectivity index (χ2v) is 9.26. The third kappa shape index (κ3) is 6.26. The quantitative estimate of drug-likeness (QED) is 0.257. The molecule has 1 aliphatic rings. The zero-order chi connectivity index (χ0) is 26.6. The van der Waals surface area contributed by atoms with E-state index < -0.39 is 43.3 Å². The lowest BCUT2D eigenvalue weighted by Gasteiger charge is -2.39. The third-order valence-electron chi connectivity index (χ3n) is 6.27. The van der Waals surface area contributed by atoms with Crippen molar-refractivity contribution in [2.24, 2.45) is 5.73 Å². The maximum Gasteiger partial charge on any atom is 0.314 e. The van der Waals surface area contributed by atoms with Crippen LogP contribution in [0.2, 0.25) is 0 Å². The molecule has 3 rings (SSSR count). The molecule has 5 atom stereocenters. The van der Waals surface area contributed by atoms with E-state index in [0.29, 0.717) is 25.3 Å². The molecule has 200 valence electrons. The number of aliphatic hydroxyl groups excluding tert-OH is 4. The van der Waals surface area contributed by atoms with Crippen LogP contribution < -0.4 is 15.2 Å². The van der Waals surface area contributed by atoms with Crippen LogP contribution >= 0.6 is 0 Å². The van der Waals surface area contributed by atoms with Crippen molar-refractivity contribution >= 4 is 6.03 Å². The number of urea groups is 1. The number of likely N-dealkylation sites (N-methyl/N-ethyl adjacent to an activating group) is 1. The number of ether oxygens (including phenoxy) is 3. The number of aromatic nitrogens is 2. The van der Waals surface area contributed by atoms with Gasteiger partial charge in [-0.1, -0.05) is 19.9 Å². The Balaban J connectivity index is 1.77. The number of nitrogens with two attached hydrogens (primary N) is 1. The van der Waals surface area contributed by atoms with E-state index in [0.717, 1.165) is 22.4 Å². The average Bonchev–Trinajstić information content (AvgIpc) is 3.23. The molecule has 0 unspecified atom stereocenters. The van der Waals surface area contributed by atoms with Crippen molar-refractivity contribution < 1.29 is 39.4 Å². The average molecular weight is 509 g/mol. The Morgan fingerprint density at radius 3 is 2.58 bits per heavy atom. The number of amides is 2. The number of carbonyl (C=O) groups excluding carboxylic acids is 1. The first-order valence-corrected chi connectivity index (χ1v) is 11.8. The smallest absolute Gasteiger partial charge is 0.314 e. The van der Waals surface area contributed by atoms with Crippen molar-refractivity contribution in [2.75, 3.05) is 26.8 Å². The summed E-state index contributed by atoms with van der Waals surface area (Å²) in [5, 5.41) is 47.2. The molecule has 7 N–H and O–H groups in total. The number of nitrogens with zero attached hydrogens (tertiary/aromatic N) is 2. The molecule has 36 heavy (non-hydrogen) atoms. The van der Waals surface area contributed by atoms with Crippen LogP contribution in [0.3, 0.4) is 0 Å². The van der Waals surface area contributed by atoms with Crippen molar-refractivity contribution in [2.45, 2.75) is 63.8 Å². The highest BCUT2D eigenvalue weighted by Crippen LogP contribution is 2.32. The number of aliphatic hydroxyl groups is 4. The summed E-state index contributed by atoms with van der Waals surface area (Å²) in [6.45, 7) is 6.06. The molecule has 2 amide bonds. The van der Waals surface area contributed by atoms with Crippen LogP contribution in [-0.4, -0.2) is 99.1 Å². The van der Waals surface area contributed by atoms with Crippen molar-refractivity contribution in [1.82, 2.24) is 15.1 Å². The van der Waals surface area contributed by atoms with Gasteiger partial charge in [0.1, 0.15) is 36.8 Å². The number of nitrogens with one attached hydrogen (secondary N) is 1. The summed E-state index contributed by atoms with van der Waals surface area (Å²) in [6, 6.07) is 5.14. The van der Waals surface area contributed by atoms with Crippen LogP contribution in [0.4, 0.5) is 4.79 Å². The molecule has 2 heterocycles. The second kappa shape index (κ2) is 11.9. The van der Waals surface area contributed by atoms with Gasteiger partial charge in [0, 0.05) is 24.7 Å². The van der Waals surface area contributed by atoms with Gasteiger partial charge in [0.2, 0.25) is 12.2 Å². The Bertz CT molecular complexity index is 1030. The zero-order valence-electron chi connectivity index (χ0n) is 20.9. The second-order valence-electron chi connectivity index (χ2n) is 9.26. The van der Waals surface area contributed by atoms with Gasteiger partial charge < -0.3 is 45.3 Å². The van der Waals surface area contributed by atoms with Crippen molar-refractivity contribution in [1.29, 1.82) is 0 Å². The molecule has 1 aliphatic heterocycles. The van der Waals surface area contributed by atoms with Crippen LogP contribution in [0, 0.1) is 6.92 Å². The van der Waals surface area contributed by atoms with Crippen LogP contribution in [-0.2, 0) is 11.2 Å². The van der Waals surface area contributed by atoms with E-state index in [1.165, 1.54) is 4.90 Å². The van der Waals surface area contributed by atoms with Gasteiger partial charge in [0.25, 0.3) is 0 Å². The fourth-order valence-corrected chi connectivity index (χ4v) is 3.94. The molecule has 0 aliphatic carbocycles. The number of aryl methyl sites for hydroxylation is 1. The zero-order valence-corrected chi connectivity index (χ0v) is 20.9. The molecule has 1 aromatic heterocycles. The summed E-state index contributed by atoms with van der Waals surface area (Å²) in [5.41, 5.74) is 8.76. The van der Waals surface area contributed by atoms with Gasteiger partial charge >= 0.3 is 6.03 Å². The highest BCUT2D eigenvalue weighted by molar-refractivity contribution is 5.71. The van der Waals surface area contributed by atoms with Crippen LogP contribution in [0.1, 0.15) is 42.1 Å². The maximum absolute atomic E-state index is 11.1. The number of aromatic amines is 1. The summed E-state index contributed by atoms with van der Waals surface area (Å²) in [4.78, 5) is 12.5. The van der Waals surface area contributed by atoms with E-state index in [2.05, 4.69) is 10.2 Å². The van der Waals surface area contributed by atoms with Gasteiger partial charge in [-0.2, -0.15) is 0 Å². The van der Waals surface area contributed by atoms with E-state index >= 15 is 0 Å². The highest BCUT2D eigenvalue weighted by atomic mass is 16.7.